The van der Waals surface area contributed by atoms with Gasteiger partial charge in [-0.3, -0.25) is 0 Å². The van der Waals surface area contributed by atoms with Gasteiger partial charge in [0.1, 0.15) is 5.75 Å². The van der Waals surface area contributed by atoms with Crippen molar-refractivity contribution in [3.05, 3.63) is 21.1 Å². The first-order valence-electron chi connectivity index (χ1n) is 5.89. The molecule has 0 aliphatic rings. The monoisotopic (exact) mass is 363 g/mol. The van der Waals surface area contributed by atoms with Gasteiger partial charge in [-0.05, 0) is 43.8 Å². The van der Waals surface area contributed by atoms with Crippen molar-refractivity contribution < 1.29 is 4.74 Å². The van der Waals surface area contributed by atoms with Gasteiger partial charge in [-0.1, -0.05) is 26.7 Å². The molecule has 96 valence electrons. The summed E-state index contributed by atoms with van der Waals surface area (Å²) in [5.41, 5.74) is 1.08. The maximum absolute atomic E-state index is 5.29. The van der Waals surface area contributed by atoms with Crippen molar-refractivity contribution in [2.24, 2.45) is 5.92 Å². The number of hydrogen-bond acceptors (Lipinski definition) is 2. The number of rotatable bonds is 6. The largest absolute Gasteiger partial charge is 0.495 e. The van der Waals surface area contributed by atoms with Crippen molar-refractivity contribution in [3.63, 3.8) is 0 Å². The fourth-order valence-corrected chi connectivity index (χ4v) is 2.95. The molecule has 1 rings (SSSR count). The highest BCUT2D eigenvalue weighted by atomic mass is 79.9. The van der Waals surface area contributed by atoms with Crippen molar-refractivity contribution in [2.75, 3.05) is 19.0 Å². The third-order valence-corrected chi connectivity index (χ3v) is 4.25. The van der Waals surface area contributed by atoms with Gasteiger partial charge in [0.15, 0.2) is 0 Å². The van der Waals surface area contributed by atoms with Crippen LogP contribution in [0.25, 0.3) is 0 Å². The second kappa shape index (κ2) is 7.27. The van der Waals surface area contributed by atoms with Crippen molar-refractivity contribution in [1.29, 1.82) is 0 Å². The van der Waals surface area contributed by atoms with Gasteiger partial charge in [0.25, 0.3) is 0 Å². The van der Waals surface area contributed by atoms with E-state index in [4.69, 9.17) is 4.74 Å². The predicted octanol–water partition coefficient (Wildman–Crippen LogP) is 5.07. The van der Waals surface area contributed by atoms with Crippen molar-refractivity contribution in [1.82, 2.24) is 0 Å². The van der Waals surface area contributed by atoms with Crippen LogP contribution in [0.5, 0.6) is 5.75 Å². The SMILES string of the molecule is CCC(CC)CNc1cc(OC)c(Br)cc1Br. The second-order valence-corrected chi connectivity index (χ2v) is 5.74. The molecule has 0 saturated heterocycles. The van der Waals surface area contributed by atoms with E-state index in [1.165, 1.54) is 12.8 Å². The molecule has 0 aliphatic carbocycles. The Bertz CT molecular complexity index is 365. The van der Waals surface area contributed by atoms with Crippen LogP contribution in [0.15, 0.2) is 21.1 Å². The second-order valence-electron chi connectivity index (χ2n) is 4.03. The first kappa shape index (κ1) is 14.8. The Balaban J connectivity index is 2.76. The highest BCUT2D eigenvalue weighted by molar-refractivity contribution is 9.11. The van der Waals surface area contributed by atoms with Crippen LogP contribution in [-0.2, 0) is 0 Å². The Hall–Kier alpha value is -0.220. The smallest absolute Gasteiger partial charge is 0.135 e. The van der Waals surface area contributed by atoms with E-state index in [2.05, 4.69) is 51.0 Å². The molecule has 0 fully saturated rings. The van der Waals surface area contributed by atoms with Gasteiger partial charge in [0.2, 0.25) is 0 Å². The summed E-state index contributed by atoms with van der Waals surface area (Å²) in [6.07, 6.45) is 2.41. The minimum atomic E-state index is 0.719. The lowest BCUT2D eigenvalue weighted by Gasteiger charge is -2.16. The predicted molar refractivity (Wildman–Crippen MR) is 81.0 cm³/mol. The average Bonchev–Trinajstić information content (AvgIpc) is 2.32. The topological polar surface area (TPSA) is 21.3 Å². The van der Waals surface area contributed by atoms with Gasteiger partial charge in [-0.25, -0.2) is 0 Å². The zero-order valence-corrected chi connectivity index (χ0v) is 13.7. The van der Waals surface area contributed by atoms with Gasteiger partial charge in [0, 0.05) is 17.1 Å². The van der Waals surface area contributed by atoms with Crippen molar-refractivity contribution in [2.45, 2.75) is 26.7 Å². The summed E-state index contributed by atoms with van der Waals surface area (Å²) in [5.74, 6) is 1.57. The first-order valence-corrected chi connectivity index (χ1v) is 7.47. The van der Waals surface area contributed by atoms with E-state index in [0.717, 1.165) is 32.8 Å². The number of methoxy groups -OCH3 is 1. The Morgan fingerprint density at radius 1 is 1.18 bits per heavy atom. The van der Waals surface area contributed by atoms with E-state index in [9.17, 15) is 0 Å². The van der Waals surface area contributed by atoms with Crippen LogP contribution in [0.1, 0.15) is 26.7 Å². The molecule has 1 aromatic carbocycles. The Labute approximate surface area is 120 Å². The fourth-order valence-electron chi connectivity index (χ4n) is 1.65. The van der Waals surface area contributed by atoms with Gasteiger partial charge in [-0.15, -0.1) is 0 Å². The average molecular weight is 365 g/mol. The molecule has 4 heteroatoms. The van der Waals surface area contributed by atoms with E-state index in [-0.39, 0.29) is 0 Å². The zero-order chi connectivity index (χ0) is 12.8. The molecule has 0 atom stereocenters. The van der Waals surface area contributed by atoms with Crippen LogP contribution in [0.3, 0.4) is 0 Å². The van der Waals surface area contributed by atoms with Crippen LogP contribution in [0, 0.1) is 5.92 Å². The normalized spacial score (nSPS) is 10.7. The van der Waals surface area contributed by atoms with Gasteiger partial charge < -0.3 is 10.1 Å². The zero-order valence-electron chi connectivity index (χ0n) is 10.5. The molecule has 1 N–H and O–H groups in total. The molecule has 17 heavy (non-hydrogen) atoms. The molecule has 0 saturated carbocycles. The van der Waals surface area contributed by atoms with E-state index >= 15 is 0 Å². The summed E-state index contributed by atoms with van der Waals surface area (Å²) < 4.78 is 7.30. The van der Waals surface area contributed by atoms with Crippen LogP contribution in [-0.4, -0.2) is 13.7 Å². The van der Waals surface area contributed by atoms with Crippen molar-refractivity contribution in [3.8, 4) is 5.75 Å². The van der Waals surface area contributed by atoms with Crippen molar-refractivity contribution >= 4 is 37.5 Å². The molecule has 0 aliphatic heterocycles. The Kier molecular flexibility index (Phi) is 6.34. The lowest BCUT2D eigenvalue weighted by molar-refractivity contribution is 0.412. The number of ether oxygens (including phenoxy) is 1. The highest BCUT2D eigenvalue weighted by Gasteiger charge is 2.08. The molecule has 0 heterocycles. The molecule has 0 aromatic heterocycles. The van der Waals surface area contributed by atoms with Crippen LogP contribution in [0.4, 0.5) is 5.69 Å². The van der Waals surface area contributed by atoms with Crippen LogP contribution in [0.2, 0.25) is 0 Å². The lowest BCUT2D eigenvalue weighted by atomic mass is 10.0. The lowest BCUT2D eigenvalue weighted by Crippen LogP contribution is -2.13. The summed E-state index contributed by atoms with van der Waals surface area (Å²) in [6.45, 7) is 5.45. The molecule has 0 unspecified atom stereocenters. The van der Waals surface area contributed by atoms with E-state index < -0.39 is 0 Å². The number of halogens is 2. The number of benzene rings is 1. The number of nitrogens with one attached hydrogen (secondary N) is 1. The number of anilines is 1. The summed E-state index contributed by atoms with van der Waals surface area (Å²) >= 11 is 7.02. The molecule has 2 nitrogen and oxygen atoms in total. The highest BCUT2D eigenvalue weighted by Crippen LogP contribution is 2.34. The minimum absolute atomic E-state index is 0.719. The third-order valence-electron chi connectivity index (χ3n) is 2.98. The third kappa shape index (κ3) is 4.18. The van der Waals surface area contributed by atoms with E-state index in [1.54, 1.807) is 7.11 Å². The molecule has 0 bridgehead atoms. The minimum Gasteiger partial charge on any atom is -0.495 e. The molecular formula is C13H19Br2NO. The van der Waals surface area contributed by atoms with E-state index in [1.807, 2.05) is 12.1 Å². The van der Waals surface area contributed by atoms with Crippen LogP contribution < -0.4 is 10.1 Å². The summed E-state index contributed by atoms with van der Waals surface area (Å²) in [7, 11) is 1.68. The Morgan fingerprint density at radius 2 is 1.82 bits per heavy atom. The van der Waals surface area contributed by atoms with Gasteiger partial charge in [-0.2, -0.15) is 0 Å². The van der Waals surface area contributed by atoms with Crippen LogP contribution >= 0.6 is 31.9 Å². The van der Waals surface area contributed by atoms with Gasteiger partial charge >= 0.3 is 0 Å². The maximum Gasteiger partial charge on any atom is 0.135 e. The molecule has 0 spiro atoms. The number of hydrogen-bond donors (Lipinski definition) is 1. The fraction of sp³-hybridized carbons (Fsp3) is 0.538. The summed E-state index contributed by atoms with van der Waals surface area (Å²) in [4.78, 5) is 0. The first-order chi connectivity index (χ1) is 8.12. The molecule has 0 radical (unpaired) electrons. The quantitative estimate of drug-likeness (QED) is 0.760. The maximum atomic E-state index is 5.29. The van der Waals surface area contributed by atoms with E-state index in [0.29, 0.717) is 0 Å². The standard InChI is InChI=1S/C13H19Br2NO/c1-4-9(5-2)8-16-12-7-13(17-3)11(15)6-10(12)14/h6-7,9,16H,4-5,8H2,1-3H3. The Morgan fingerprint density at radius 3 is 2.35 bits per heavy atom. The summed E-state index contributed by atoms with van der Waals surface area (Å²) in [6, 6.07) is 4.02. The van der Waals surface area contributed by atoms with Gasteiger partial charge in [0.05, 0.1) is 17.3 Å². The molecule has 1 aromatic rings. The molecule has 0 amide bonds. The molecular weight excluding hydrogens is 346 g/mol. The summed E-state index contributed by atoms with van der Waals surface area (Å²) in [5, 5.41) is 3.47.